The van der Waals surface area contributed by atoms with E-state index in [9.17, 15) is 15.3 Å². The molecular weight excluding hydrogens is 182 g/mol. The van der Waals surface area contributed by atoms with E-state index in [-0.39, 0.29) is 6.61 Å². The minimum absolute atomic E-state index is 0.285. The third-order valence-corrected chi connectivity index (χ3v) is 3.32. The number of aliphatic hydroxyl groups is 4. The smallest absolute Gasteiger partial charge is 0.117 e. The van der Waals surface area contributed by atoms with Gasteiger partial charge in [0.1, 0.15) is 5.44 Å². The molecule has 0 saturated carbocycles. The first kappa shape index (κ1) is 10.2. The van der Waals surface area contributed by atoms with Crippen molar-refractivity contribution < 1.29 is 20.4 Å². The maximum Gasteiger partial charge on any atom is 0.117 e. The fourth-order valence-electron chi connectivity index (χ4n) is 1.12. The lowest BCUT2D eigenvalue weighted by Crippen LogP contribution is -2.57. The number of thioether (sulfide) groups is 1. The highest BCUT2D eigenvalue weighted by Gasteiger charge is 2.41. The molecule has 1 aliphatic rings. The summed E-state index contributed by atoms with van der Waals surface area (Å²) >= 11 is 0.977. The van der Waals surface area contributed by atoms with E-state index >= 15 is 0 Å². The van der Waals surface area contributed by atoms with Gasteiger partial charge in [0.2, 0.25) is 0 Å². The van der Waals surface area contributed by atoms with Gasteiger partial charge < -0.3 is 26.2 Å². The minimum Gasteiger partial charge on any atom is -0.395 e. The summed E-state index contributed by atoms with van der Waals surface area (Å²) in [6.07, 6.45) is -2.24. The van der Waals surface area contributed by atoms with E-state index in [2.05, 4.69) is 0 Å². The molecule has 6 N–H and O–H groups in total. The Kier molecular flexibility index (Phi) is 3.33. The van der Waals surface area contributed by atoms with Gasteiger partial charge in [-0.25, -0.2) is 0 Å². The second-order valence-electron chi connectivity index (χ2n) is 2.81. The lowest BCUT2D eigenvalue weighted by molar-refractivity contribution is -0.0279. The van der Waals surface area contributed by atoms with Crippen molar-refractivity contribution >= 4 is 11.8 Å². The Labute approximate surface area is 74.2 Å². The Morgan fingerprint density at radius 1 is 1.17 bits per heavy atom. The fraction of sp³-hybridized carbons (Fsp3) is 1.00. The van der Waals surface area contributed by atoms with Crippen LogP contribution in [0.3, 0.4) is 0 Å². The van der Waals surface area contributed by atoms with E-state index in [1.807, 2.05) is 0 Å². The van der Waals surface area contributed by atoms with Crippen LogP contribution in [0.25, 0.3) is 0 Å². The molecule has 0 spiro atoms. The van der Waals surface area contributed by atoms with E-state index in [0.29, 0.717) is 0 Å². The van der Waals surface area contributed by atoms with E-state index < -0.39 is 28.9 Å². The molecule has 1 rings (SSSR count). The van der Waals surface area contributed by atoms with Crippen molar-refractivity contribution in [1.29, 1.82) is 0 Å². The molecule has 0 bridgehead atoms. The van der Waals surface area contributed by atoms with Crippen LogP contribution >= 0.6 is 11.8 Å². The van der Waals surface area contributed by atoms with Crippen LogP contribution in [-0.4, -0.2) is 56.0 Å². The summed E-state index contributed by atoms with van der Waals surface area (Å²) in [6.45, 7) is -0.285. The summed E-state index contributed by atoms with van der Waals surface area (Å²) < 4.78 is 0. The van der Waals surface area contributed by atoms with Crippen LogP contribution in [0.4, 0.5) is 0 Å². The molecule has 5 atom stereocenters. The Hall–Kier alpha value is 0.150. The molecule has 0 aromatic carbocycles. The maximum absolute atomic E-state index is 9.30. The summed E-state index contributed by atoms with van der Waals surface area (Å²) in [7, 11) is 0. The van der Waals surface area contributed by atoms with Gasteiger partial charge >= 0.3 is 0 Å². The third-order valence-electron chi connectivity index (χ3n) is 1.95. The molecule has 12 heavy (non-hydrogen) atoms. The van der Waals surface area contributed by atoms with Crippen molar-refractivity contribution in [3.8, 4) is 0 Å². The minimum atomic E-state index is -1.17. The fourth-order valence-corrected chi connectivity index (χ4v) is 2.23. The van der Waals surface area contributed by atoms with Gasteiger partial charge in [0, 0.05) is 0 Å². The number of hydrogen-bond donors (Lipinski definition) is 5. The molecule has 1 aliphatic heterocycles. The van der Waals surface area contributed by atoms with Crippen molar-refractivity contribution in [2.75, 3.05) is 6.61 Å². The maximum atomic E-state index is 9.30. The Bertz CT molecular complexity index is 154. The topological polar surface area (TPSA) is 107 Å². The highest BCUT2D eigenvalue weighted by Crippen LogP contribution is 2.29. The summed E-state index contributed by atoms with van der Waals surface area (Å²) in [4.78, 5) is 0. The molecule has 0 aromatic rings. The van der Waals surface area contributed by atoms with Gasteiger partial charge in [0.25, 0.3) is 0 Å². The summed E-state index contributed by atoms with van der Waals surface area (Å²) in [6, 6.07) is -0.854. The van der Waals surface area contributed by atoms with Crippen LogP contribution in [0.1, 0.15) is 0 Å². The van der Waals surface area contributed by atoms with Crippen LogP contribution in [0.15, 0.2) is 0 Å². The van der Waals surface area contributed by atoms with Gasteiger partial charge in [-0.2, -0.15) is 0 Å². The van der Waals surface area contributed by atoms with E-state index in [4.69, 9.17) is 10.8 Å². The Balaban J connectivity index is 2.63. The zero-order valence-corrected chi connectivity index (χ0v) is 7.18. The predicted molar refractivity (Wildman–Crippen MR) is 44.5 cm³/mol. The largest absolute Gasteiger partial charge is 0.395 e. The zero-order chi connectivity index (χ0) is 9.30. The molecule has 0 aromatic heterocycles. The SMILES string of the molecule is N[C@H]1[C@@H](O)[C@H](O)[C@H](CO)S[C@@H]1O. The van der Waals surface area contributed by atoms with Crippen molar-refractivity contribution in [2.24, 2.45) is 5.73 Å². The lowest BCUT2D eigenvalue weighted by atomic mass is 10.0. The first-order valence-corrected chi connectivity index (χ1v) is 4.58. The Morgan fingerprint density at radius 2 is 1.75 bits per heavy atom. The van der Waals surface area contributed by atoms with Crippen LogP contribution in [0.2, 0.25) is 0 Å². The molecule has 1 heterocycles. The van der Waals surface area contributed by atoms with Gasteiger partial charge in [-0.1, -0.05) is 0 Å². The molecule has 0 radical (unpaired) electrons. The van der Waals surface area contributed by atoms with Crippen LogP contribution < -0.4 is 5.73 Å². The summed E-state index contributed by atoms with van der Waals surface area (Å²) in [5.41, 5.74) is 4.44. The normalized spacial score (nSPS) is 49.2. The first-order valence-electron chi connectivity index (χ1n) is 3.64. The van der Waals surface area contributed by atoms with E-state index in [1.165, 1.54) is 0 Å². The predicted octanol–water partition coefficient (Wildman–Crippen LogP) is -2.54. The van der Waals surface area contributed by atoms with Gasteiger partial charge in [-0.3, -0.25) is 0 Å². The van der Waals surface area contributed by atoms with Gasteiger partial charge in [-0.15, -0.1) is 11.8 Å². The number of aliphatic hydroxyl groups excluding tert-OH is 4. The van der Waals surface area contributed by atoms with Crippen LogP contribution in [0, 0.1) is 0 Å². The average Bonchev–Trinajstić information content (AvgIpc) is 2.08. The highest BCUT2D eigenvalue weighted by atomic mass is 32.2. The Morgan fingerprint density at radius 3 is 2.25 bits per heavy atom. The van der Waals surface area contributed by atoms with Gasteiger partial charge in [0.05, 0.1) is 30.1 Å². The molecule has 1 fully saturated rings. The van der Waals surface area contributed by atoms with Crippen molar-refractivity contribution in [3.63, 3.8) is 0 Å². The highest BCUT2D eigenvalue weighted by molar-refractivity contribution is 8.00. The summed E-state index contributed by atoms with van der Waals surface area (Å²) in [5, 5.41) is 36.0. The molecule has 1 saturated heterocycles. The molecule has 0 unspecified atom stereocenters. The molecule has 72 valence electrons. The monoisotopic (exact) mass is 195 g/mol. The molecule has 6 heteroatoms. The zero-order valence-electron chi connectivity index (χ0n) is 6.37. The first-order chi connectivity index (χ1) is 5.57. The second-order valence-corrected chi connectivity index (χ2v) is 4.17. The molecule has 5 nitrogen and oxygen atoms in total. The van der Waals surface area contributed by atoms with Crippen molar-refractivity contribution in [2.45, 2.75) is 28.9 Å². The number of rotatable bonds is 1. The molecular formula is C6H13NO4S. The third kappa shape index (κ3) is 1.73. The second kappa shape index (κ2) is 3.91. The van der Waals surface area contributed by atoms with E-state index in [0.717, 1.165) is 11.8 Å². The molecule has 0 aliphatic carbocycles. The van der Waals surface area contributed by atoms with Gasteiger partial charge in [-0.05, 0) is 0 Å². The summed E-state index contributed by atoms with van der Waals surface area (Å²) in [5.74, 6) is 0. The number of hydrogen-bond acceptors (Lipinski definition) is 6. The van der Waals surface area contributed by atoms with Crippen molar-refractivity contribution in [3.05, 3.63) is 0 Å². The quantitative estimate of drug-likeness (QED) is 0.316. The standard InChI is InChI=1S/C6H13NO4S/c7-3-5(10)4(9)2(1-8)12-6(3)11/h2-6,8-11H,1,7H2/t2-,3-,4+,5+,6-/m0/s1. The average molecular weight is 195 g/mol. The van der Waals surface area contributed by atoms with Crippen LogP contribution in [0.5, 0.6) is 0 Å². The lowest BCUT2D eigenvalue weighted by Gasteiger charge is -2.37. The van der Waals surface area contributed by atoms with Crippen molar-refractivity contribution in [1.82, 2.24) is 0 Å². The van der Waals surface area contributed by atoms with Crippen LogP contribution in [-0.2, 0) is 0 Å². The number of nitrogens with two attached hydrogens (primary N) is 1. The van der Waals surface area contributed by atoms with Gasteiger partial charge in [0.15, 0.2) is 0 Å². The molecule has 0 amide bonds. The van der Waals surface area contributed by atoms with E-state index in [1.54, 1.807) is 0 Å².